The van der Waals surface area contributed by atoms with Crippen molar-refractivity contribution in [3.63, 3.8) is 0 Å². The van der Waals surface area contributed by atoms with E-state index in [2.05, 4.69) is 13.8 Å². The maximum atomic E-state index is 12.4. The number of likely N-dealkylation sites (N-methyl/N-ethyl adjacent to an activating group) is 1. The van der Waals surface area contributed by atoms with Gasteiger partial charge in [-0.2, -0.15) is 0 Å². The first-order valence-electron chi connectivity index (χ1n) is 8.19. The average Bonchev–Trinajstić information content (AvgIpc) is 2.54. The molecule has 0 bridgehead atoms. The smallest absolute Gasteiger partial charge is 0.254 e. The Morgan fingerprint density at radius 2 is 1.78 bits per heavy atom. The average molecular weight is 318 g/mol. The van der Waals surface area contributed by atoms with Gasteiger partial charge in [0.2, 0.25) is 5.91 Å². The minimum atomic E-state index is -0.308. The van der Waals surface area contributed by atoms with E-state index in [0.717, 1.165) is 0 Å². The highest BCUT2D eigenvalue weighted by atomic mass is 16.3. The molecular weight excluding hydrogens is 292 g/mol. The van der Waals surface area contributed by atoms with Crippen LogP contribution in [0, 0.1) is 0 Å². The van der Waals surface area contributed by atoms with Crippen LogP contribution in [0.4, 0.5) is 0 Å². The number of amides is 2. The second-order valence-corrected chi connectivity index (χ2v) is 6.55. The molecular formula is C18H26N2O3. The van der Waals surface area contributed by atoms with Gasteiger partial charge in [0.05, 0.1) is 12.6 Å². The maximum absolute atomic E-state index is 12.4. The summed E-state index contributed by atoms with van der Waals surface area (Å²) in [6, 6.07) is 7.55. The lowest BCUT2D eigenvalue weighted by atomic mass is 10.0. The zero-order chi connectivity index (χ0) is 17.0. The summed E-state index contributed by atoms with van der Waals surface area (Å²) in [6.07, 6.45) is 0.915. The van der Waals surface area contributed by atoms with Crippen molar-refractivity contribution in [1.82, 2.24) is 9.80 Å². The number of carbonyl (C=O) groups is 2. The van der Waals surface area contributed by atoms with Gasteiger partial charge >= 0.3 is 0 Å². The van der Waals surface area contributed by atoms with E-state index in [0.29, 0.717) is 37.4 Å². The zero-order valence-corrected chi connectivity index (χ0v) is 14.2. The number of likely N-dealkylation sites (tertiary alicyclic amines) is 1. The summed E-state index contributed by atoms with van der Waals surface area (Å²) in [5, 5.41) is 9.49. The molecule has 1 heterocycles. The highest BCUT2D eigenvalue weighted by Gasteiger charge is 2.23. The fourth-order valence-electron chi connectivity index (χ4n) is 2.72. The van der Waals surface area contributed by atoms with Crippen LogP contribution in [0.5, 0.6) is 0 Å². The molecule has 5 heteroatoms. The Kier molecular flexibility index (Phi) is 5.77. The standard InChI is InChI=1S/C18H26N2O3/c1-13(2)14-4-6-15(7-5-14)18(23)19(3)12-17(22)20-10-8-16(21)9-11-20/h4-7,13,16,21H,8-12H2,1-3H3. The monoisotopic (exact) mass is 318 g/mol. The Labute approximate surface area is 137 Å². The zero-order valence-electron chi connectivity index (χ0n) is 14.2. The Morgan fingerprint density at radius 1 is 1.22 bits per heavy atom. The van der Waals surface area contributed by atoms with Crippen LogP contribution >= 0.6 is 0 Å². The topological polar surface area (TPSA) is 60.9 Å². The second kappa shape index (κ2) is 7.59. The van der Waals surface area contributed by atoms with E-state index < -0.39 is 0 Å². The van der Waals surface area contributed by atoms with Crippen LogP contribution in [0.2, 0.25) is 0 Å². The highest BCUT2D eigenvalue weighted by molar-refractivity contribution is 5.96. The van der Waals surface area contributed by atoms with Crippen LogP contribution in [0.15, 0.2) is 24.3 Å². The van der Waals surface area contributed by atoms with Crippen molar-refractivity contribution in [2.45, 2.75) is 38.7 Å². The normalized spacial score (nSPS) is 15.8. The number of hydrogen-bond acceptors (Lipinski definition) is 3. The van der Waals surface area contributed by atoms with E-state index >= 15 is 0 Å². The summed E-state index contributed by atoms with van der Waals surface area (Å²) in [5.41, 5.74) is 1.78. The van der Waals surface area contributed by atoms with Crippen LogP contribution in [0.25, 0.3) is 0 Å². The molecule has 0 unspecified atom stereocenters. The Balaban J connectivity index is 1.92. The van der Waals surface area contributed by atoms with Gasteiger partial charge in [0.1, 0.15) is 0 Å². The first-order valence-corrected chi connectivity index (χ1v) is 8.19. The van der Waals surface area contributed by atoms with E-state index in [1.165, 1.54) is 10.5 Å². The summed E-state index contributed by atoms with van der Waals surface area (Å²) >= 11 is 0. The summed E-state index contributed by atoms with van der Waals surface area (Å²) in [4.78, 5) is 27.8. The van der Waals surface area contributed by atoms with Gasteiger partial charge in [-0.25, -0.2) is 0 Å². The number of aliphatic hydroxyl groups excluding tert-OH is 1. The summed E-state index contributed by atoms with van der Waals surface area (Å²) in [6.45, 7) is 5.41. The van der Waals surface area contributed by atoms with Gasteiger partial charge in [0, 0.05) is 25.7 Å². The van der Waals surface area contributed by atoms with Crippen LogP contribution in [-0.2, 0) is 4.79 Å². The van der Waals surface area contributed by atoms with Crippen LogP contribution in [-0.4, -0.2) is 59.5 Å². The Hall–Kier alpha value is -1.88. The molecule has 1 aliphatic heterocycles. The number of carbonyl (C=O) groups excluding carboxylic acids is 2. The molecule has 0 radical (unpaired) electrons. The van der Waals surface area contributed by atoms with E-state index in [1.807, 2.05) is 24.3 Å². The molecule has 126 valence electrons. The first kappa shape index (κ1) is 17.5. The predicted octanol–water partition coefficient (Wildman–Crippen LogP) is 1.87. The largest absolute Gasteiger partial charge is 0.393 e. The number of piperidine rings is 1. The highest BCUT2D eigenvalue weighted by Crippen LogP contribution is 2.16. The molecule has 1 N–H and O–H groups in total. The Morgan fingerprint density at radius 3 is 2.30 bits per heavy atom. The van der Waals surface area contributed by atoms with Crippen molar-refractivity contribution in [2.75, 3.05) is 26.7 Å². The lowest BCUT2D eigenvalue weighted by Crippen LogP contribution is -2.45. The van der Waals surface area contributed by atoms with Gasteiger partial charge in [-0.1, -0.05) is 26.0 Å². The summed E-state index contributed by atoms with van der Waals surface area (Å²) in [5.74, 6) is 0.213. The van der Waals surface area contributed by atoms with Gasteiger partial charge in [0.25, 0.3) is 5.91 Å². The van der Waals surface area contributed by atoms with E-state index in [1.54, 1.807) is 11.9 Å². The predicted molar refractivity (Wildman–Crippen MR) is 89.3 cm³/mol. The van der Waals surface area contributed by atoms with E-state index in [4.69, 9.17) is 0 Å². The van der Waals surface area contributed by atoms with Crippen molar-refractivity contribution >= 4 is 11.8 Å². The fourth-order valence-corrected chi connectivity index (χ4v) is 2.72. The van der Waals surface area contributed by atoms with Crippen LogP contribution in [0.3, 0.4) is 0 Å². The number of rotatable bonds is 4. The van der Waals surface area contributed by atoms with Crippen molar-refractivity contribution in [2.24, 2.45) is 0 Å². The molecule has 1 saturated heterocycles. The van der Waals surface area contributed by atoms with Crippen molar-refractivity contribution in [1.29, 1.82) is 0 Å². The lowest BCUT2D eigenvalue weighted by molar-refractivity contribution is -0.133. The molecule has 0 spiro atoms. The molecule has 1 fully saturated rings. The number of benzene rings is 1. The van der Waals surface area contributed by atoms with Gasteiger partial charge in [-0.05, 0) is 36.5 Å². The number of nitrogens with zero attached hydrogens (tertiary/aromatic N) is 2. The summed E-state index contributed by atoms with van der Waals surface area (Å²) in [7, 11) is 1.65. The summed E-state index contributed by atoms with van der Waals surface area (Å²) < 4.78 is 0. The molecule has 0 atom stereocenters. The molecule has 0 saturated carbocycles. The van der Waals surface area contributed by atoms with Gasteiger partial charge in [-0.3, -0.25) is 9.59 Å². The molecule has 1 aliphatic rings. The molecule has 1 aromatic carbocycles. The number of aliphatic hydroxyl groups is 1. The first-order chi connectivity index (χ1) is 10.9. The molecule has 0 aromatic heterocycles. The third-order valence-electron chi connectivity index (χ3n) is 4.36. The second-order valence-electron chi connectivity index (χ2n) is 6.55. The van der Waals surface area contributed by atoms with Crippen molar-refractivity contribution in [3.05, 3.63) is 35.4 Å². The molecule has 1 aromatic rings. The Bertz CT molecular complexity index is 546. The van der Waals surface area contributed by atoms with Crippen LogP contribution in [0.1, 0.15) is 48.5 Å². The molecule has 0 aliphatic carbocycles. The van der Waals surface area contributed by atoms with Crippen molar-refractivity contribution < 1.29 is 14.7 Å². The molecule has 2 amide bonds. The van der Waals surface area contributed by atoms with Crippen molar-refractivity contribution in [3.8, 4) is 0 Å². The van der Waals surface area contributed by atoms with Gasteiger partial charge < -0.3 is 14.9 Å². The third-order valence-corrected chi connectivity index (χ3v) is 4.36. The fraction of sp³-hybridized carbons (Fsp3) is 0.556. The van der Waals surface area contributed by atoms with Gasteiger partial charge in [0.15, 0.2) is 0 Å². The molecule has 5 nitrogen and oxygen atoms in total. The minimum Gasteiger partial charge on any atom is -0.393 e. The molecule has 2 rings (SSSR count). The quantitative estimate of drug-likeness (QED) is 0.922. The maximum Gasteiger partial charge on any atom is 0.254 e. The van der Waals surface area contributed by atoms with Crippen LogP contribution < -0.4 is 0 Å². The molecule has 23 heavy (non-hydrogen) atoms. The van der Waals surface area contributed by atoms with E-state index in [-0.39, 0.29) is 24.5 Å². The van der Waals surface area contributed by atoms with E-state index in [9.17, 15) is 14.7 Å². The lowest BCUT2D eigenvalue weighted by Gasteiger charge is -2.31. The minimum absolute atomic E-state index is 0.0634. The third kappa shape index (κ3) is 4.55. The number of hydrogen-bond donors (Lipinski definition) is 1. The SMILES string of the molecule is CC(C)c1ccc(C(=O)N(C)CC(=O)N2CCC(O)CC2)cc1. The van der Waals surface area contributed by atoms with Gasteiger partial charge in [-0.15, -0.1) is 0 Å².